The standard InChI is InChI=1S/C13H16ClN3O/c1-15-8-11-16-13(14)12(17(11)2)9-6-4-5-7-10(9)18-3/h4-7,15H,8H2,1-3H3. The number of hydrogen-bond acceptors (Lipinski definition) is 3. The van der Waals surface area contributed by atoms with Crippen molar-refractivity contribution in [2.45, 2.75) is 6.54 Å². The maximum Gasteiger partial charge on any atom is 0.155 e. The molecule has 0 radical (unpaired) electrons. The van der Waals surface area contributed by atoms with Crippen LogP contribution < -0.4 is 10.1 Å². The molecular formula is C13H16ClN3O. The number of benzene rings is 1. The van der Waals surface area contributed by atoms with E-state index in [9.17, 15) is 0 Å². The van der Waals surface area contributed by atoms with E-state index >= 15 is 0 Å². The number of aromatic nitrogens is 2. The van der Waals surface area contributed by atoms with Gasteiger partial charge in [-0.3, -0.25) is 0 Å². The van der Waals surface area contributed by atoms with Gasteiger partial charge in [0.2, 0.25) is 0 Å². The molecule has 1 N–H and O–H groups in total. The average molecular weight is 266 g/mol. The van der Waals surface area contributed by atoms with Crippen molar-refractivity contribution in [3.8, 4) is 17.0 Å². The van der Waals surface area contributed by atoms with Crippen molar-refractivity contribution in [1.82, 2.24) is 14.9 Å². The van der Waals surface area contributed by atoms with E-state index in [1.807, 2.05) is 42.9 Å². The molecule has 0 unspecified atom stereocenters. The average Bonchev–Trinajstić information content (AvgIpc) is 2.65. The molecular weight excluding hydrogens is 250 g/mol. The lowest BCUT2D eigenvalue weighted by atomic mass is 10.1. The summed E-state index contributed by atoms with van der Waals surface area (Å²) in [6.07, 6.45) is 0. The third-order valence-electron chi connectivity index (χ3n) is 2.84. The number of halogens is 1. The largest absolute Gasteiger partial charge is 0.496 e. The molecule has 0 saturated heterocycles. The lowest BCUT2D eigenvalue weighted by Gasteiger charge is -2.10. The van der Waals surface area contributed by atoms with E-state index in [1.54, 1.807) is 7.11 Å². The van der Waals surface area contributed by atoms with Gasteiger partial charge in [0, 0.05) is 12.6 Å². The molecule has 96 valence electrons. The first-order valence-electron chi connectivity index (χ1n) is 5.68. The molecule has 0 aliphatic carbocycles. The first-order chi connectivity index (χ1) is 8.69. The van der Waals surface area contributed by atoms with Gasteiger partial charge >= 0.3 is 0 Å². The van der Waals surface area contributed by atoms with E-state index in [1.165, 1.54) is 0 Å². The SMILES string of the molecule is CNCc1nc(Cl)c(-c2ccccc2OC)n1C. The van der Waals surface area contributed by atoms with Gasteiger partial charge in [-0.15, -0.1) is 0 Å². The number of nitrogens with zero attached hydrogens (tertiary/aromatic N) is 2. The van der Waals surface area contributed by atoms with Crippen molar-refractivity contribution >= 4 is 11.6 Å². The van der Waals surface area contributed by atoms with E-state index in [0.29, 0.717) is 11.7 Å². The Hall–Kier alpha value is -1.52. The van der Waals surface area contributed by atoms with Gasteiger partial charge < -0.3 is 14.6 Å². The maximum atomic E-state index is 6.23. The van der Waals surface area contributed by atoms with Gasteiger partial charge in [-0.2, -0.15) is 0 Å². The molecule has 2 rings (SSSR count). The molecule has 0 aliphatic heterocycles. The first-order valence-corrected chi connectivity index (χ1v) is 6.06. The lowest BCUT2D eigenvalue weighted by molar-refractivity contribution is 0.416. The zero-order chi connectivity index (χ0) is 13.1. The highest BCUT2D eigenvalue weighted by atomic mass is 35.5. The van der Waals surface area contributed by atoms with E-state index in [0.717, 1.165) is 22.8 Å². The minimum Gasteiger partial charge on any atom is -0.496 e. The van der Waals surface area contributed by atoms with Crippen molar-refractivity contribution in [2.75, 3.05) is 14.2 Å². The van der Waals surface area contributed by atoms with Gasteiger partial charge in [0.25, 0.3) is 0 Å². The predicted octanol–water partition coefficient (Wildman–Crippen LogP) is 2.47. The van der Waals surface area contributed by atoms with E-state index < -0.39 is 0 Å². The fourth-order valence-corrected chi connectivity index (χ4v) is 2.28. The number of para-hydroxylation sites is 1. The molecule has 1 heterocycles. The third kappa shape index (κ3) is 2.21. The second-order valence-corrected chi connectivity index (χ2v) is 4.32. The van der Waals surface area contributed by atoms with Crippen LogP contribution in [0.5, 0.6) is 5.75 Å². The first kappa shape index (κ1) is 12.9. The van der Waals surface area contributed by atoms with Crippen molar-refractivity contribution in [1.29, 1.82) is 0 Å². The minimum atomic E-state index is 0.493. The summed E-state index contributed by atoms with van der Waals surface area (Å²) in [5, 5.41) is 3.57. The second-order valence-electron chi connectivity index (χ2n) is 3.96. The van der Waals surface area contributed by atoms with Crippen molar-refractivity contribution < 1.29 is 4.74 Å². The number of hydrogen-bond donors (Lipinski definition) is 1. The summed E-state index contributed by atoms with van der Waals surface area (Å²) >= 11 is 6.23. The molecule has 2 aromatic rings. The normalized spacial score (nSPS) is 10.7. The Morgan fingerprint density at radius 2 is 2.11 bits per heavy atom. The second kappa shape index (κ2) is 5.42. The topological polar surface area (TPSA) is 39.1 Å². The maximum absolute atomic E-state index is 6.23. The van der Waals surface area contributed by atoms with E-state index in [-0.39, 0.29) is 0 Å². The summed E-state index contributed by atoms with van der Waals surface area (Å²) in [5.74, 6) is 1.68. The molecule has 0 amide bonds. The number of imidazole rings is 1. The minimum absolute atomic E-state index is 0.493. The van der Waals surface area contributed by atoms with Crippen LogP contribution in [0.2, 0.25) is 5.15 Å². The molecule has 0 atom stereocenters. The summed E-state index contributed by atoms with van der Waals surface area (Å²) in [6, 6.07) is 7.78. The van der Waals surface area contributed by atoms with Crippen molar-refractivity contribution in [3.63, 3.8) is 0 Å². The highest BCUT2D eigenvalue weighted by Gasteiger charge is 2.17. The lowest BCUT2D eigenvalue weighted by Crippen LogP contribution is -2.10. The molecule has 5 heteroatoms. The van der Waals surface area contributed by atoms with Gasteiger partial charge in [-0.25, -0.2) is 4.98 Å². The number of ether oxygens (including phenoxy) is 1. The summed E-state index contributed by atoms with van der Waals surface area (Å²) in [4.78, 5) is 4.36. The summed E-state index contributed by atoms with van der Waals surface area (Å²) < 4.78 is 7.35. The molecule has 18 heavy (non-hydrogen) atoms. The summed E-state index contributed by atoms with van der Waals surface area (Å²) in [5.41, 5.74) is 1.82. The van der Waals surface area contributed by atoms with E-state index in [2.05, 4.69) is 10.3 Å². The van der Waals surface area contributed by atoms with Gasteiger partial charge in [0.15, 0.2) is 5.15 Å². The summed E-state index contributed by atoms with van der Waals surface area (Å²) in [7, 11) is 5.48. The van der Waals surface area contributed by atoms with Gasteiger partial charge in [-0.1, -0.05) is 23.7 Å². The van der Waals surface area contributed by atoms with Gasteiger partial charge in [-0.05, 0) is 19.2 Å². The number of methoxy groups -OCH3 is 1. The van der Waals surface area contributed by atoms with Gasteiger partial charge in [0.1, 0.15) is 11.6 Å². The van der Waals surface area contributed by atoms with Crippen LogP contribution in [0.3, 0.4) is 0 Å². The van der Waals surface area contributed by atoms with Crippen molar-refractivity contribution in [2.24, 2.45) is 7.05 Å². The Bertz CT molecular complexity index is 551. The molecule has 0 spiro atoms. The van der Waals surface area contributed by atoms with Crippen LogP contribution in [0.1, 0.15) is 5.82 Å². The van der Waals surface area contributed by atoms with Crippen LogP contribution in [-0.4, -0.2) is 23.7 Å². The molecule has 1 aromatic heterocycles. The Morgan fingerprint density at radius 1 is 1.39 bits per heavy atom. The molecule has 0 bridgehead atoms. The van der Waals surface area contributed by atoms with Crippen molar-refractivity contribution in [3.05, 3.63) is 35.2 Å². The Balaban J connectivity index is 2.57. The van der Waals surface area contributed by atoms with Crippen LogP contribution in [0.4, 0.5) is 0 Å². The van der Waals surface area contributed by atoms with Crippen LogP contribution in [0.25, 0.3) is 11.3 Å². The fraction of sp³-hybridized carbons (Fsp3) is 0.308. The van der Waals surface area contributed by atoms with Crippen LogP contribution in [0.15, 0.2) is 24.3 Å². The third-order valence-corrected chi connectivity index (χ3v) is 3.11. The predicted molar refractivity (Wildman–Crippen MR) is 73.0 cm³/mol. The molecule has 0 saturated carbocycles. The summed E-state index contributed by atoms with van der Waals surface area (Å²) in [6.45, 7) is 0.672. The van der Waals surface area contributed by atoms with Crippen LogP contribution in [-0.2, 0) is 13.6 Å². The van der Waals surface area contributed by atoms with Crippen LogP contribution in [0, 0.1) is 0 Å². The highest BCUT2D eigenvalue weighted by molar-refractivity contribution is 6.32. The fourth-order valence-electron chi connectivity index (χ4n) is 1.96. The Morgan fingerprint density at radius 3 is 2.78 bits per heavy atom. The van der Waals surface area contributed by atoms with E-state index in [4.69, 9.17) is 16.3 Å². The highest BCUT2D eigenvalue weighted by Crippen LogP contribution is 2.34. The number of nitrogens with one attached hydrogen (secondary N) is 1. The Labute approximate surface area is 112 Å². The zero-order valence-electron chi connectivity index (χ0n) is 10.7. The zero-order valence-corrected chi connectivity index (χ0v) is 11.5. The Kier molecular flexibility index (Phi) is 3.89. The van der Waals surface area contributed by atoms with Gasteiger partial charge in [0.05, 0.1) is 19.3 Å². The number of rotatable bonds is 4. The molecule has 4 nitrogen and oxygen atoms in total. The molecule has 0 aliphatic rings. The quantitative estimate of drug-likeness (QED) is 0.923. The van der Waals surface area contributed by atoms with Crippen LogP contribution >= 0.6 is 11.6 Å². The monoisotopic (exact) mass is 265 g/mol. The molecule has 1 aromatic carbocycles. The smallest absolute Gasteiger partial charge is 0.155 e. The molecule has 0 fully saturated rings.